The fourth-order valence-corrected chi connectivity index (χ4v) is 4.31. The average molecular weight is 452 g/mol. The maximum Gasteiger partial charge on any atom is 0.337 e. The van der Waals surface area contributed by atoms with Gasteiger partial charge in [-0.25, -0.2) is 4.79 Å². The van der Waals surface area contributed by atoms with Crippen molar-refractivity contribution in [2.45, 2.75) is 38.7 Å². The fourth-order valence-electron chi connectivity index (χ4n) is 4.04. The molecule has 2 aromatic carbocycles. The van der Waals surface area contributed by atoms with Crippen LogP contribution in [-0.2, 0) is 20.9 Å². The number of benzene rings is 2. The van der Waals surface area contributed by atoms with Crippen LogP contribution in [0.5, 0.6) is 0 Å². The largest absolute Gasteiger partial charge is 0.457 e. The minimum atomic E-state index is -0.407. The first-order valence-electron chi connectivity index (χ1n) is 9.75. The van der Waals surface area contributed by atoms with Gasteiger partial charge in [-0.15, -0.1) is 0 Å². The average Bonchev–Trinajstić information content (AvgIpc) is 2.72. The SMILES string of the molecule is CC1=C(C(=O)OCc2ccccc2)C(c2ccc(Br)cc2)C2=C(CCCC2=O)N1. The van der Waals surface area contributed by atoms with Crippen LogP contribution in [0.3, 0.4) is 0 Å². The number of Topliss-reactive ketones (excluding diaryl/α,β-unsaturated/α-hetero) is 1. The highest BCUT2D eigenvalue weighted by atomic mass is 79.9. The number of allylic oxidation sites excluding steroid dienone is 3. The molecule has 0 saturated carbocycles. The Balaban J connectivity index is 1.70. The van der Waals surface area contributed by atoms with E-state index < -0.39 is 11.9 Å². The van der Waals surface area contributed by atoms with Gasteiger partial charge >= 0.3 is 5.97 Å². The van der Waals surface area contributed by atoms with Crippen LogP contribution in [0.25, 0.3) is 0 Å². The zero-order valence-electron chi connectivity index (χ0n) is 16.2. The number of carbonyl (C=O) groups is 2. The number of carbonyl (C=O) groups excluding carboxylic acids is 2. The van der Waals surface area contributed by atoms with Gasteiger partial charge in [-0.2, -0.15) is 0 Å². The van der Waals surface area contributed by atoms with Gasteiger partial charge in [0.15, 0.2) is 5.78 Å². The Morgan fingerprint density at radius 1 is 1.10 bits per heavy atom. The van der Waals surface area contributed by atoms with Crippen molar-refractivity contribution in [2.24, 2.45) is 0 Å². The van der Waals surface area contributed by atoms with E-state index in [-0.39, 0.29) is 12.4 Å². The molecule has 0 saturated heterocycles. The molecule has 0 bridgehead atoms. The highest BCUT2D eigenvalue weighted by molar-refractivity contribution is 9.10. The van der Waals surface area contributed by atoms with Gasteiger partial charge in [0.05, 0.1) is 5.57 Å². The Kier molecular flexibility index (Phi) is 5.67. The van der Waals surface area contributed by atoms with Crippen molar-refractivity contribution in [1.29, 1.82) is 0 Å². The van der Waals surface area contributed by atoms with E-state index in [1.54, 1.807) is 0 Å². The van der Waals surface area contributed by atoms with Crippen LogP contribution in [0, 0.1) is 0 Å². The van der Waals surface area contributed by atoms with Crippen molar-refractivity contribution in [1.82, 2.24) is 5.32 Å². The number of hydrogen-bond donors (Lipinski definition) is 1. The van der Waals surface area contributed by atoms with Crippen LogP contribution in [0.4, 0.5) is 0 Å². The normalized spacial score (nSPS) is 19.0. The van der Waals surface area contributed by atoms with E-state index in [0.29, 0.717) is 17.6 Å². The minimum absolute atomic E-state index is 0.104. The number of halogens is 1. The maximum absolute atomic E-state index is 13.2. The molecule has 2 aliphatic rings. The molecule has 1 aliphatic carbocycles. The summed E-state index contributed by atoms with van der Waals surface area (Å²) in [4.78, 5) is 26.0. The molecule has 29 heavy (non-hydrogen) atoms. The summed E-state index contributed by atoms with van der Waals surface area (Å²) in [5, 5.41) is 3.32. The molecule has 0 radical (unpaired) electrons. The molecule has 1 atom stereocenters. The molecule has 0 aromatic heterocycles. The number of ketones is 1. The standard InChI is InChI=1S/C24H22BrNO3/c1-15-21(24(28)29-14-16-6-3-2-4-7-16)22(17-10-12-18(25)13-11-17)23-19(26-15)8-5-9-20(23)27/h2-4,6-7,10-13,22,26H,5,8-9,14H2,1H3. The highest BCUT2D eigenvalue weighted by Crippen LogP contribution is 2.42. The van der Waals surface area contributed by atoms with Gasteiger partial charge < -0.3 is 10.1 Å². The van der Waals surface area contributed by atoms with Gasteiger partial charge in [-0.05, 0) is 43.0 Å². The lowest BCUT2D eigenvalue weighted by Gasteiger charge is -2.34. The Hall–Kier alpha value is -2.66. The third kappa shape index (κ3) is 4.06. The Bertz CT molecular complexity index is 1010. The van der Waals surface area contributed by atoms with Crippen molar-refractivity contribution in [3.8, 4) is 0 Å². The molecule has 5 heteroatoms. The van der Waals surface area contributed by atoms with Gasteiger partial charge in [0.1, 0.15) is 6.61 Å². The van der Waals surface area contributed by atoms with E-state index in [1.807, 2.05) is 61.5 Å². The Morgan fingerprint density at radius 2 is 1.83 bits per heavy atom. The van der Waals surface area contributed by atoms with Crippen molar-refractivity contribution in [2.75, 3.05) is 0 Å². The van der Waals surface area contributed by atoms with Crippen molar-refractivity contribution in [3.63, 3.8) is 0 Å². The molecular weight excluding hydrogens is 430 g/mol. The van der Waals surface area contributed by atoms with Gasteiger partial charge in [0.25, 0.3) is 0 Å². The van der Waals surface area contributed by atoms with Crippen LogP contribution in [-0.4, -0.2) is 11.8 Å². The van der Waals surface area contributed by atoms with Gasteiger partial charge in [-0.3, -0.25) is 4.79 Å². The van der Waals surface area contributed by atoms with Crippen LogP contribution in [0.2, 0.25) is 0 Å². The summed E-state index contributed by atoms with van der Waals surface area (Å²) in [6.45, 7) is 2.08. The second kappa shape index (κ2) is 8.37. The van der Waals surface area contributed by atoms with Crippen LogP contribution in [0.1, 0.15) is 43.2 Å². The third-order valence-corrected chi connectivity index (χ3v) is 5.94. The van der Waals surface area contributed by atoms with Crippen LogP contribution < -0.4 is 5.32 Å². The van der Waals surface area contributed by atoms with Gasteiger partial charge in [0.2, 0.25) is 0 Å². The maximum atomic E-state index is 13.2. The quantitative estimate of drug-likeness (QED) is 0.652. The predicted molar refractivity (Wildman–Crippen MR) is 115 cm³/mol. The summed E-state index contributed by atoms with van der Waals surface area (Å²) in [5.74, 6) is -0.695. The molecule has 0 fully saturated rings. The lowest BCUT2D eigenvalue weighted by Crippen LogP contribution is -2.34. The zero-order valence-corrected chi connectivity index (χ0v) is 17.8. The Labute approximate surface area is 178 Å². The van der Waals surface area contributed by atoms with Crippen molar-refractivity contribution < 1.29 is 14.3 Å². The van der Waals surface area contributed by atoms with E-state index in [4.69, 9.17) is 4.74 Å². The van der Waals surface area contributed by atoms with Gasteiger partial charge in [0, 0.05) is 33.8 Å². The second-order valence-corrected chi connectivity index (χ2v) is 8.29. The van der Waals surface area contributed by atoms with Crippen LogP contribution in [0.15, 0.2) is 81.6 Å². The molecule has 148 valence electrons. The first kappa shape index (κ1) is 19.6. The molecule has 1 heterocycles. The van der Waals surface area contributed by atoms with E-state index in [0.717, 1.165) is 39.8 Å². The first-order valence-corrected chi connectivity index (χ1v) is 10.5. The zero-order chi connectivity index (χ0) is 20.4. The van der Waals surface area contributed by atoms with Crippen molar-refractivity contribution >= 4 is 27.7 Å². The van der Waals surface area contributed by atoms with E-state index in [9.17, 15) is 9.59 Å². The molecule has 2 aromatic rings. The van der Waals surface area contributed by atoms with E-state index in [1.165, 1.54) is 0 Å². The number of nitrogens with one attached hydrogen (secondary N) is 1. The molecule has 4 nitrogen and oxygen atoms in total. The fraction of sp³-hybridized carbons (Fsp3) is 0.250. The van der Waals surface area contributed by atoms with Crippen LogP contribution >= 0.6 is 15.9 Å². The summed E-state index contributed by atoms with van der Waals surface area (Å²) in [6.07, 6.45) is 2.16. The highest BCUT2D eigenvalue weighted by Gasteiger charge is 2.39. The minimum Gasteiger partial charge on any atom is -0.457 e. The predicted octanol–water partition coefficient (Wildman–Crippen LogP) is 5.16. The van der Waals surface area contributed by atoms with Gasteiger partial charge in [-0.1, -0.05) is 58.4 Å². The molecule has 0 spiro atoms. The molecular formula is C24H22BrNO3. The van der Waals surface area contributed by atoms with E-state index in [2.05, 4.69) is 21.2 Å². The summed E-state index contributed by atoms with van der Waals surface area (Å²) in [6, 6.07) is 17.4. The molecule has 4 rings (SSSR count). The number of esters is 1. The lowest BCUT2D eigenvalue weighted by molar-refractivity contribution is -0.140. The van der Waals surface area contributed by atoms with E-state index >= 15 is 0 Å². The number of ether oxygens (including phenoxy) is 1. The summed E-state index contributed by atoms with van der Waals surface area (Å²) < 4.78 is 6.60. The molecule has 1 N–H and O–H groups in total. The third-order valence-electron chi connectivity index (χ3n) is 5.41. The van der Waals surface area contributed by atoms with Crippen molar-refractivity contribution in [3.05, 3.63) is 92.7 Å². The smallest absolute Gasteiger partial charge is 0.337 e. The lowest BCUT2D eigenvalue weighted by atomic mass is 9.75. The topological polar surface area (TPSA) is 55.4 Å². The second-order valence-electron chi connectivity index (χ2n) is 7.38. The number of rotatable bonds is 4. The number of hydrogen-bond acceptors (Lipinski definition) is 4. The molecule has 1 unspecified atom stereocenters. The number of dihydropyridines is 1. The monoisotopic (exact) mass is 451 g/mol. The Morgan fingerprint density at radius 3 is 2.55 bits per heavy atom. The molecule has 0 amide bonds. The summed E-state index contributed by atoms with van der Waals surface area (Å²) in [5.41, 5.74) is 4.75. The molecule has 1 aliphatic heterocycles. The summed E-state index contributed by atoms with van der Waals surface area (Å²) >= 11 is 3.46. The summed E-state index contributed by atoms with van der Waals surface area (Å²) in [7, 11) is 0. The first-order chi connectivity index (χ1) is 14.0.